The van der Waals surface area contributed by atoms with E-state index in [0.717, 1.165) is 10.7 Å². The monoisotopic (exact) mass is 300 g/mol. The fourth-order valence-corrected chi connectivity index (χ4v) is 2.42. The van der Waals surface area contributed by atoms with Crippen LogP contribution in [0.5, 0.6) is 0 Å². The summed E-state index contributed by atoms with van der Waals surface area (Å²) in [6.07, 6.45) is 0. The quantitative estimate of drug-likeness (QED) is 0.939. The number of nitrogens with zero attached hydrogens (tertiary/aromatic N) is 1. The maximum Gasteiger partial charge on any atom is 0.253 e. The zero-order valence-corrected chi connectivity index (χ0v) is 11.9. The zero-order valence-electron chi connectivity index (χ0n) is 9.54. The summed E-state index contributed by atoms with van der Waals surface area (Å²) in [5.74, 6) is -0.256. The van der Waals surface area contributed by atoms with Gasteiger partial charge in [-0.1, -0.05) is 23.2 Å². The number of thiazole rings is 1. The predicted molar refractivity (Wildman–Crippen MR) is 74.5 cm³/mol. The standard InChI is InChI=1S/C12H10Cl2N2OS/c1-7-16-9(6-18-7)5-15-12(17)10-4-8(13)2-3-11(10)14/h2-4,6H,5H2,1H3,(H,15,17). The third-order valence-corrected chi connectivity index (χ3v) is 3.66. The van der Waals surface area contributed by atoms with Crippen LogP contribution < -0.4 is 5.32 Å². The van der Waals surface area contributed by atoms with Gasteiger partial charge in [-0.2, -0.15) is 0 Å². The lowest BCUT2D eigenvalue weighted by Gasteiger charge is -2.05. The van der Waals surface area contributed by atoms with Crippen LogP contribution in [0.2, 0.25) is 10.0 Å². The van der Waals surface area contributed by atoms with Crippen LogP contribution in [0.1, 0.15) is 21.1 Å². The van der Waals surface area contributed by atoms with Gasteiger partial charge in [0.05, 0.1) is 27.8 Å². The Bertz CT molecular complexity index is 583. The summed E-state index contributed by atoms with van der Waals surface area (Å²) in [6, 6.07) is 4.79. The smallest absolute Gasteiger partial charge is 0.253 e. The topological polar surface area (TPSA) is 42.0 Å². The lowest BCUT2D eigenvalue weighted by molar-refractivity contribution is 0.0950. The molecular formula is C12H10Cl2N2OS. The molecule has 0 aliphatic rings. The van der Waals surface area contributed by atoms with Gasteiger partial charge in [0.1, 0.15) is 0 Å². The summed E-state index contributed by atoms with van der Waals surface area (Å²) in [4.78, 5) is 16.2. The third-order valence-electron chi connectivity index (χ3n) is 2.27. The van der Waals surface area contributed by atoms with Gasteiger partial charge >= 0.3 is 0 Å². The molecule has 0 fully saturated rings. The summed E-state index contributed by atoms with van der Waals surface area (Å²) in [5.41, 5.74) is 1.21. The molecule has 0 bridgehead atoms. The molecule has 0 saturated carbocycles. The normalized spacial score (nSPS) is 10.4. The number of nitrogens with one attached hydrogen (secondary N) is 1. The maximum atomic E-state index is 11.9. The first-order valence-electron chi connectivity index (χ1n) is 5.20. The van der Waals surface area contributed by atoms with E-state index >= 15 is 0 Å². The van der Waals surface area contributed by atoms with Gasteiger partial charge in [-0.3, -0.25) is 4.79 Å². The Labute approximate surface area is 119 Å². The number of aryl methyl sites for hydroxylation is 1. The molecule has 2 aromatic rings. The van der Waals surface area contributed by atoms with E-state index in [4.69, 9.17) is 23.2 Å². The number of benzene rings is 1. The molecule has 3 nitrogen and oxygen atoms in total. The van der Waals surface area contributed by atoms with Crippen molar-refractivity contribution in [1.82, 2.24) is 10.3 Å². The van der Waals surface area contributed by atoms with Crippen LogP contribution >= 0.6 is 34.5 Å². The number of aromatic nitrogens is 1. The van der Waals surface area contributed by atoms with E-state index in [9.17, 15) is 4.79 Å². The Morgan fingerprint density at radius 1 is 1.44 bits per heavy atom. The van der Waals surface area contributed by atoms with Crippen LogP contribution in [-0.4, -0.2) is 10.9 Å². The minimum Gasteiger partial charge on any atom is -0.346 e. The van der Waals surface area contributed by atoms with Crippen molar-refractivity contribution in [2.45, 2.75) is 13.5 Å². The molecule has 18 heavy (non-hydrogen) atoms. The van der Waals surface area contributed by atoms with E-state index in [1.165, 1.54) is 0 Å². The van der Waals surface area contributed by atoms with Crippen molar-refractivity contribution in [2.75, 3.05) is 0 Å². The predicted octanol–water partition coefficient (Wildman–Crippen LogP) is 3.69. The Morgan fingerprint density at radius 2 is 2.22 bits per heavy atom. The molecule has 1 amide bonds. The lowest BCUT2D eigenvalue weighted by atomic mass is 10.2. The molecule has 0 unspecified atom stereocenters. The van der Waals surface area contributed by atoms with Gasteiger partial charge in [-0.05, 0) is 25.1 Å². The van der Waals surface area contributed by atoms with E-state index in [1.807, 2.05) is 12.3 Å². The van der Waals surface area contributed by atoms with Crippen molar-refractivity contribution >= 4 is 40.4 Å². The molecule has 94 valence electrons. The summed E-state index contributed by atoms with van der Waals surface area (Å²) in [6.45, 7) is 2.30. The average Bonchev–Trinajstić information content (AvgIpc) is 2.75. The van der Waals surface area contributed by atoms with E-state index in [0.29, 0.717) is 22.2 Å². The van der Waals surface area contributed by atoms with Crippen molar-refractivity contribution in [3.63, 3.8) is 0 Å². The minimum absolute atomic E-state index is 0.256. The number of halogens is 2. The van der Waals surface area contributed by atoms with Gasteiger partial charge in [-0.25, -0.2) is 4.98 Å². The number of carbonyl (C=O) groups is 1. The third kappa shape index (κ3) is 3.22. The Kier molecular flexibility index (Phi) is 4.22. The largest absolute Gasteiger partial charge is 0.346 e. The highest BCUT2D eigenvalue weighted by Crippen LogP contribution is 2.20. The van der Waals surface area contributed by atoms with Crippen LogP contribution in [0.3, 0.4) is 0 Å². The molecule has 0 spiro atoms. The number of amides is 1. The summed E-state index contributed by atoms with van der Waals surface area (Å²) < 4.78 is 0. The molecular weight excluding hydrogens is 291 g/mol. The van der Waals surface area contributed by atoms with Gasteiger partial charge in [0.15, 0.2) is 0 Å². The first-order chi connectivity index (χ1) is 8.56. The minimum atomic E-state index is -0.256. The fourth-order valence-electron chi connectivity index (χ4n) is 1.43. The Balaban J connectivity index is 2.05. The first-order valence-corrected chi connectivity index (χ1v) is 6.84. The van der Waals surface area contributed by atoms with Crippen LogP contribution in [0.15, 0.2) is 23.6 Å². The fraction of sp³-hybridized carbons (Fsp3) is 0.167. The molecule has 1 aromatic heterocycles. The van der Waals surface area contributed by atoms with Crippen LogP contribution in [0.25, 0.3) is 0 Å². The number of hydrogen-bond donors (Lipinski definition) is 1. The molecule has 2 rings (SSSR count). The maximum absolute atomic E-state index is 11.9. The second-order valence-electron chi connectivity index (χ2n) is 3.66. The second-order valence-corrected chi connectivity index (χ2v) is 5.57. The van der Waals surface area contributed by atoms with Crippen molar-refractivity contribution in [3.8, 4) is 0 Å². The zero-order chi connectivity index (χ0) is 13.1. The molecule has 6 heteroatoms. The van der Waals surface area contributed by atoms with Gasteiger partial charge in [0.2, 0.25) is 0 Å². The Morgan fingerprint density at radius 3 is 2.89 bits per heavy atom. The molecule has 1 heterocycles. The van der Waals surface area contributed by atoms with E-state index < -0.39 is 0 Å². The number of carbonyl (C=O) groups excluding carboxylic acids is 1. The molecule has 0 aliphatic heterocycles. The van der Waals surface area contributed by atoms with E-state index in [-0.39, 0.29) is 5.91 Å². The van der Waals surface area contributed by atoms with Gasteiger partial charge < -0.3 is 5.32 Å². The molecule has 0 radical (unpaired) electrons. The molecule has 1 N–H and O–H groups in total. The molecule has 0 saturated heterocycles. The summed E-state index contributed by atoms with van der Waals surface area (Å²) in [7, 11) is 0. The van der Waals surface area contributed by atoms with Gasteiger partial charge in [0, 0.05) is 10.4 Å². The van der Waals surface area contributed by atoms with Crippen molar-refractivity contribution < 1.29 is 4.79 Å². The van der Waals surface area contributed by atoms with Gasteiger partial charge in [-0.15, -0.1) is 11.3 Å². The van der Waals surface area contributed by atoms with Crippen LogP contribution in [-0.2, 0) is 6.54 Å². The van der Waals surface area contributed by atoms with Crippen LogP contribution in [0, 0.1) is 6.92 Å². The number of hydrogen-bond acceptors (Lipinski definition) is 3. The SMILES string of the molecule is Cc1nc(CNC(=O)c2cc(Cl)ccc2Cl)cs1. The van der Waals surface area contributed by atoms with Crippen LogP contribution in [0.4, 0.5) is 0 Å². The summed E-state index contributed by atoms with van der Waals surface area (Å²) >= 11 is 13.3. The first kappa shape index (κ1) is 13.3. The van der Waals surface area contributed by atoms with E-state index in [2.05, 4.69) is 10.3 Å². The second kappa shape index (κ2) is 5.69. The molecule has 1 aromatic carbocycles. The highest BCUT2D eigenvalue weighted by molar-refractivity contribution is 7.09. The molecule has 0 aliphatic carbocycles. The van der Waals surface area contributed by atoms with E-state index in [1.54, 1.807) is 29.5 Å². The summed E-state index contributed by atoms with van der Waals surface area (Å²) in [5, 5.41) is 6.50. The lowest BCUT2D eigenvalue weighted by Crippen LogP contribution is -2.23. The van der Waals surface area contributed by atoms with Crippen molar-refractivity contribution in [2.24, 2.45) is 0 Å². The van der Waals surface area contributed by atoms with Gasteiger partial charge in [0.25, 0.3) is 5.91 Å². The van der Waals surface area contributed by atoms with Crippen molar-refractivity contribution in [1.29, 1.82) is 0 Å². The molecule has 0 atom stereocenters. The Hall–Kier alpha value is -1.10. The average molecular weight is 301 g/mol. The van der Waals surface area contributed by atoms with Crippen molar-refractivity contribution in [3.05, 3.63) is 49.9 Å². The highest BCUT2D eigenvalue weighted by atomic mass is 35.5. The number of rotatable bonds is 3. The highest BCUT2D eigenvalue weighted by Gasteiger charge is 2.11.